The second-order valence-corrected chi connectivity index (χ2v) is 5.10. The fraction of sp³-hybridized carbons (Fsp3) is 0.467. The van der Waals surface area contributed by atoms with Gasteiger partial charge < -0.3 is 15.2 Å². The van der Waals surface area contributed by atoms with Crippen LogP contribution in [-0.4, -0.2) is 23.1 Å². The fourth-order valence-electron chi connectivity index (χ4n) is 2.21. The summed E-state index contributed by atoms with van der Waals surface area (Å²) in [5.41, 5.74) is 0.554. The first-order valence-electron chi connectivity index (χ1n) is 6.86. The standard InChI is InChI=1S/C15H19NO4/c1-10(15(18)19)14(17)16-11-5-4-8-13(9-11)20-12-6-2-3-7-12/h4-5,8-10,12H,2-3,6-7H2,1H3,(H,16,17)(H,18,19). The van der Waals surface area contributed by atoms with Gasteiger partial charge in [-0.2, -0.15) is 0 Å². The Labute approximate surface area is 117 Å². The van der Waals surface area contributed by atoms with Gasteiger partial charge in [-0.15, -0.1) is 0 Å². The molecule has 1 aromatic carbocycles. The molecule has 5 nitrogen and oxygen atoms in total. The molecule has 5 heteroatoms. The lowest BCUT2D eigenvalue weighted by molar-refractivity contribution is -0.144. The van der Waals surface area contributed by atoms with E-state index in [1.165, 1.54) is 19.8 Å². The van der Waals surface area contributed by atoms with E-state index in [9.17, 15) is 9.59 Å². The zero-order chi connectivity index (χ0) is 14.5. The third kappa shape index (κ3) is 3.73. The van der Waals surface area contributed by atoms with Crippen molar-refractivity contribution in [3.05, 3.63) is 24.3 Å². The number of benzene rings is 1. The van der Waals surface area contributed by atoms with Crippen molar-refractivity contribution in [3.8, 4) is 5.75 Å². The Morgan fingerprint density at radius 2 is 2.05 bits per heavy atom. The Kier molecular flexibility index (Phi) is 4.61. The molecule has 0 bridgehead atoms. The van der Waals surface area contributed by atoms with Crippen LogP contribution in [0.25, 0.3) is 0 Å². The molecule has 1 amide bonds. The topological polar surface area (TPSA) is 75.6 Å². The number of anilines is 1. The van der Waals surface area contributed by atoms with E-state index in [0.29, 0.717) is 11.4 Å². The van der Waals surface area contributed by atoms with Crippen LogP contribution in [0.3, 0.4) is 0 Å². The van der Waals surface area contributed by atoms with Gasteiger partial charge in [0.2, 0.25) is 5.91 Å². The molecule has 1 aliphatic carbocycles. The highest BCUT2D eigenvalue weighted by Gasteiger charge is 2.21. The van der Waals surface area contributed by atoms with Crippen molar-refractivity contribution in [2.24, 2.45) is 5.92 Å². The minimum atomic E-state index is -1.14. The SMILES string of the molecule is CC(C(=O)O)C(=O)Nc1cccc(OC2CCCC2)c1. The van der Waals surface area contributed by atoms with Gasteiger partial charge in [-0.05, 0) is 44.7 Å². The highest BCUT2D eigenvalue weighted by atomic mass is 16.5. The molecule has 1 saturated carbocycles. The number of ether oxygens (including phenoxy) is 1. The molecule has 0 saturated heterocycles. The quantitative estimate of drug-likeness (QED) is 0.811. The number of carboxylic acids is 1. The van der Waals surface area contributed by atoms with E-state index in [4.69, 9.17) is 9.84 Å². The highest BCUT2D eigenvalue weighted by Crippen LogP contribution is 2.25. The maximum absolute atomic E-state index is 11.7. The molecule has 0 aliphatic heterocycles. The first-order chi connectivity index (χ1) is 9.56. The van der Waals surface area contributed by atoms with Crippen molar-refractivity contribution in [3.63, 3.8) is 0 Å². The van der Waals surface area contributed by atoms with Crippen molar-refractivity contribution in [1.82, 2.24) is 0 Å². The lowest BCUT2D eigenvalue weighted by atomic mass is 10.1. The molecule has 0 radical (unpaired) electrons. The summed E-state index contributed by atoms with van der Waals surface area (Å²) in [7, 11) is 0. The van der Waals surface area contributed by atoms with Crippen LogP contribution in [0.1, 0.15) is 32.6 Å². The summed E-state index contributed by atoms with van der Waals surface area (Å²) in [6.07, 6.45) is 4.76. The minimum Gasteiger partial charge on any atom is -0.490 e. The molecule has 1 aromatic rings. The Hall–Kier alpha value is -2.04. The molecule has 0 heterocycles. The van der Waals surface area contributed by atoms with Gasteiger partial charge in [0.1, 0.15) is 11.7 Å². The number of carbonyl (C=O) groups is 2. The molecule has 108 valence electrons. The van der Waals surface area contributed by atoms with Gasteiger partial charge in [0.15, 0.2) is 0 Å². The van der Waals surface area contributed by atoms with Crippen molar-refractivity contribution < 1.29 is 19.4 Å². The molecular formula is C15H19NO4. The lowest BCUT2D eigenvalue weighted by Crippen LogP contribution is -2.26. The molecule has 1 unspecified atom stereocenters. The Balaban J connectivity index is 1.98. The van der Waals surface area contributed by atoms with Crippen LogP contribution in [0.5, 0.6) is 5.75 Å². The van der Waals surface area contributed by atoms with E-state index in [1.807, 2.05) is 6.07 Å². The number of carbonyl (C=O) groups excluding carboxylic acids is 1. The highest BCUT2D eigenvalue weighted by molar-refractivity contribution is 6.03. The second-order valence-electron chi connectivity index (χ2n) is 5.10. The summed E-state index contributed by atoms with van der Waals surface area (Å²) in [5.74, 6) is -2.04. The number of carboxylic acid groups (broad SMARTS) is 1. The number of hydrogen-bond donors (Lipinski definition) is 2. The molecule has 2 rings (SSSR count). The van der Waals surface area contributed by atoms with Crippen LogP contribution in [0.15, 0.2) is 24.3 Å². The summed E-state index contributed by atoms with van der Waals surface area (Å²) < 4.78 is 5.84. The first-order valence-corrected chi connectivity index (χ1v) is 6.86. The van der Waals surface area contributed by atoms with E-state index in [2.05, 4.69) is 5.32 Å². The predicted molar refractivity (Wildman–Crippen MR) is 74.8 cm³/mol. The number of rotatable bonds is 5. The van der Waals surface area contributed by atoms with Crippen LogP contribution in [0, 0.1) is 5.92 Å². The van der Waals surface area contributed by atoms with Crippen LogP contribution >= 0.6 is 0 Å². The zero-order valence-corrected chi connectivity index (χ0v) is 11.5. The van der Waals surface area contributed by atoms with Crippen molar-refractivity contribution >= 4 is 17.6 Å². The maximum Gasteiger partial charge on any atom is 0.315 e. The van der Waals surface area contributed by atoms with E-state index in [1.54, 1.807) is 18.2 Å². The van der Waals surface area contributed by atoms with Crippen LogP contribution in [0.2, 0.25) is 0 Å². The third-order valence-electron chi connectivity index (χ3n) is 3.47. The van der Waals surface area contributed by atoms with E-state index >= 15 is 0 Å². The Bertz CT molecular complexity index is 494. The normalized spacial score (nSPS) is 16.6. The molecule has 0 spiro atoms. The lowest BCUT2D eigenvalue weighted by Gasteiger charge is -2.14. The van der Waals surface area contributed by atoms with Crippen molar-refractivity contribution in [1.29, 1.82) is 0 Å². The van der Waals surface area contributed by atoms with E-state index in [0.717, 1.165) is 12.8 Å². The van der Waals surface area contributed by atoms with E-state index in [-0.39, 0.29) is 6.10 Å². The second kappa shape index (κ2) is 6.41. The summed E-state index contributed by atoms with van der Waals surface area (Å²) in [6, 6.07) is 7.07. The number of nitrogens with one attached hydrogen (secondary N) is 1. The van der Waals surface area contributed by atoms with Crippen molar-refractivity contribution in [2.75, 3.05) is 5.32 Å². The van der Waals surface area contributed by atoms with Gasteiger partial charge in [-0.3, -0.25) is 9.59 Å². The average molecular weight is 277 g/mol. The largest absolute Gasteiger partial charge is 0.490 e. The van der Waals surface area contributed by atoms with Gasteiger partial charge in [0.25, 0.3) is 0 Å². The molecule has 1 aliphatic rings. The maximum atomic E-state index is 11.7. The summed E-state index contributed by atoms with van der Waals surface area (Å²) in [4.78, 5) is 22.4. The molecular weight excluding hydrogens is 258 g/mol. The van der Waals surface area contributed by atoms with Crippen molar-refractivity contribution in [2.45, 2.75) is 38.7 Å². The Morgan fingerprint density at radius 3 is 2.70 bits per heavy atom. The third-order valence-corrected chi connectivity index (χ3v) is 3.47. The van der Waals surface area contributed by atoms with Crippen LogP contribution in [0.4, 0.5) is 5.69 Å². The smallest absolute Gasteiger partial charge is 0.315 e. The van der Waals surface area contributed by atoms with Crippen LogP contribution < -0.4 is 10.1 Å². The van der Waals surface area contributed by atoms with Crippen LogP contribution in [-0.2, 0) is 9.59 Å². The van der Waals surface area contributed by atoms with Gasteiger partial charge in [0, 0.05) is 11.8 Å². The summed E-state index contributed by atoms with van der Waals surface area (Å²) >= 11 is 0. The molecule has 1 fully saturated rings. The van der Waals surface area contributed by atoms with Gasteiger partial charge in [-0.25, -0.2) is 0 Å². The van der Waals surface area contributed by atoms with Gasteiger partial charge in [0.05, 0.1) is 6.10 Å². The first kappa shape index (κ1) is 14.4. The minimum absolute atomic E-state index is 0.249. The van der Waals surface area contributed by atoms with Gasteiger partial charge >= 0.3 is 5.97 Å². The molecule has 20 heavy (non-hydrogen) atoms. The Morgan fingerprint density at radius 1 is 1.35 bits per heavy atom. The summed E-state index contributed by atoms with van der Waals surface area (Å²) in [6.45, 7) is 1.36. The number of aliphatic carboxylic acids is 1. The number of hydrogen-bond acceptors (Lipinski definition) is 3. The average Bonchev–Trinajstić information content (AvgIpc) is 2.91. The molecule has 2 N–H and O–H groups in total. The van der Waals surface area contributed by atoms with E-state index < -0.39 is 17.8 Å². The monoisotopic (exact) mass is 277 g/mol. The predicted octanol–water partition coefficient (Wildman–Crippen LogP) is 2.67. The summed E-state index contributed by atoms with van der Waals surface area (Å²) in [5, 5.41) is 11.4. The van der Waals surface area contributed by atoms with Gasteiger partial charge in [-0.1, -0.05) is 6.07 Å². The molecule has 0 aromatic heterocycles. The fourth-order valence-corrected chi connectivity index (χ4v) is 2.21. The zero-order valence-electron chi connectivity index (χ0n) is 11.5. The number of amides is 1. The molecule has 1 atom stereocenters.